The van der Waals surface area contributed by atoms with Crippen LogP contribution >= 0.6 is 0 Å². The van der Waals surface area contributed by atoms with Crippen molar-refractivity contribution < 1.29 is 9.47 Å². The summed E-state index contributed by atoms with van der Waals surface area (Å²) < 4.78 is 11.1. The molecule has 1 aromatic rings. The molecule has 0 saturated carbocycles. The van der Waals surface area contributed by atoms with Crippen LogP contribution in [0.1, 0.15) is 16.7 Å². The molecule has 16 heavy (non-hydrogen) atoms. The van der Waals surface area contributed by atoms with Crippen LogP contribution in [-0.4, -0.2) is 27.3 Å². The molecular formula is C13H19NO2. The molecule has 3 nitrogen and oxygen atoms in total. The van der Waals surface area contributed by atoms with Crippen LogP contribution in [-0.2, 0) is 12.8 Å². The van der Waals surface area contributed by atoms with Gasteiger partial charge in [0.1, 0.15) is 11.5 Å². The van der Waals surface area contributed by atoms with Crippen LogP contribution in [0.25, 0.3) is 0 Å². The Hall–Kier alpha value is -1.22. The lowest BCUT2D eigenvalue weighted by Crippen LogP contribution is -2.12. The standard InChI is InChI=1S/C13H19NO2/c1-9-8-12-11(5-7-16-12)13(15-3)10(9)4-6-14-2/h8,14H,4-7H2,1-3H3. The van der Waals surface area contributed by atoms with Gasteiger partial charge in [-0.2, -0.15) is 0 Å². The molecule has 0 saturated heterocycles. The van der Waals surface area contributed by atoms with Crippen LogP contribution in [0.5, 0.6) is 11.5 Å². The summed E-state index contributed by atoms with van der Waals surface area (Å²) >= 11 is 0. The smallest absolute Gasteiger partial charge is 0.129 e. The van der Waals surface area contributed by atoms with Gasteiger partial charge in [0.2, 0.25) is 0 Å². The Morgan fingerprint density at radius 3 is 3.00 bits per heavy atom. The van der Waals surface area contributed by atoms with Crippen molar-refractivity contribution in [1.82, 2.24) is 5.32 Å². The molecule has 1 aliphatic rings. The van der Waals surface area contributed by atoms with Crippen molar-refractivity contribution in [2.24, 2.45) is 0 Å². The number of hydrogen-bond acceptors (Lipinski definition) is 3. The highest BCUT2D eigenvalue weighted by molar-refractivity contribution is 5.55. The van der Waals surface area contributed by atoms with Crippen molar-refractivity contribution >= 4 is 0 Å². The molecule has 0 fully saturated rings. The van der Waals surface area contributed by atoms with E-state index in [1.54, 1.807) is 7.11 Å². The fraction of sp³-hybridized carbons (Fsp3) is 0.538. The number of rotatable bonds is 4. The van der Waals surface area contributed by atoms with Crippen LogP contribution in [0.3, 0.4) is 0 Å². The van der Waals surface area contributed by atoms with Crippen LogP contribution in [0, 0.1) is 6.92 Å². The van der Waals surface area contributed by atoms with E-state index in [1.165, 1.54) is 16.7 Å². The van der Waals surface area contributed by atoms with Crippen molar-refractivity contribution in [1.29, 1.82) is 0 Å². The second kappa shape index (κ2) is 4.74. The SMILES string of the molecule is CNCCc1c(C)cc2c(c1OC)CCO2. The Labute approximate surface area is 96.8 Å². The van der Waals surface area contributed by atoms with Gasteiger partial charge in [-0.15, -0.1) is 0 Å². The number of aryl methyl sites for hydroxylation is 1. The van der Waals surface area contributed by atoms with Gasteiger partial charge < -0.3 is 14.8 Å². The molecule has 1 aromatic carbocycles. The Morgan fingerprint density at radius 2 is 2.31 bits per heavy atom. The van der Waals surface area contributed by atoms with E-state index in [-0.39, 0.29) is 0 Å². The third-order valence-electron chi connectivity index (χ3n) is 3.11. The highest BCUT2D eigenvalue weighted by Crippen LogP contribution is 2.38. The maximum Gasteiger partial charge on any atom is 0.129 e. The zero-order chi connectivity index (χ0) is 11.5. The number of hydrogen-bond donors (Lipinski definition) is 1. The molecule has 88 valence electrons. The number of benzene rings is 1. The average Bonchev–Trinajstić information content (AvgIpc) is 2.73. The van der Waals surface area contributed by atoms with E-state index in [0.717, 1.165) is 37.5 Å². The van der Waals surface area contributed by atoms with Crippen LogP contribution in [0.4, 0.5) is 0 Å². The van der Waals surface area contributed by atoms with E-state index in [9.17, 15) is 0 Å². The van der Waals surface area contributed by atoms with Crippen molar-refractivity contribution in [2.75, 3.05) is 27.3 Å². The van der Waals surface area contributed by atoms with Gasteiger partial charge in [-0.1, -0.05) is 0 Å². The van der Waals surface area contributed by atoms with E-state index in [2.05, 4.69) is 18.3 Å². The number of fused-ring (bicyclic) bond motifs is 1. The van der Waals surface area contributed by atoms with E-state index in [4.69, 9.17) is 9.47 Å². The number of nitrogens with one attached hydrogen (secondary N) is 1. The maximum absolute atomic E-state index is 5.59. The zero-order valence-corrected chi connectivity index (χ0v) is 10.2. The molecule has 0 unspecified atom stereocenters. The van der Waals surface area contributed by atoms with Crippen molar-refractivity contribution in [2.45, 2.75) is 19.8 Å². The van der Waals surface area contributed by atoms with E-state index >= 15 is 0 Å². The minimum atomic E-state index is 0.778. The topological polar surface area (TPSA) is 30.5 Å². The molecule has 1 heterocycles. The van der Waals surface area contributed by atoms with Crippen LogP contribution in [0.15, 0.2) is 6.07 Å². The first-order valence-corrected chi connectivity index (χ1v) is 5.74. The zero-order valence-electron chi connectivity index (χ0n) is 10.2. The summed E-state index contributed by atoms with van der Waals surface area (Å²) in [6, 6.07) is 2.13. The second-order valence-electron chi connectivity index (χ2n) is 4.13. The molecule has 0 radical (unpaired) electrons. The lowest BCUT2D eigenvalue weighted by atomic mass is 9.99. The predicted molar refractivity (Wildman–Crippen MR) is 64.6 cm³/mol. The minimum Gasteiger partial charge on any atom is -0.496 e. The second-order valence-corrected chi connectivity index (χ2v) is 4.13. The largest absolute Gasteiger partial charge is 0.496 e. The van der Waals surface area contributed by atoms with Gasteiger partial charge in [-0.3, -0.25) is 0 Å². The summed E-state index contributed by atoms with van der Waals surface area (Å²) in [6.07, 6.45) is 1.96. The fourth-order valence-electron chi connectivity index (χ4n) is 2.28. The predicted octanol–water partition coefficient (Wildman–Crippen LogP) is 1.70. The van der Waals surface area contributed by atoms with Gasteiger partial charge in [-0.05, 0) is 44.1 Å². The number of ether oxygens (including phenoxy) is 2. The molecule has 2 rings (SSSR count). The van der Waals surface area contributed by atoms with E-state index in [0.29, 0.717) is 0 Å². The average molecular weight is 221 g/mol. The Balaban J connectivity index is 2.42. The molecule has 0 aromatic heterocycles. The van der Waals surface area contributed by atoms with E-state index < -0.39 is 0 Å². The first-order valence-electron chi connectivity index (χ1n) is 5.74. The molecule has 0 atom stereocenters. The number of likely N-dealkylation sites (N-methyl/N-ethyl adjacent to an activating group) is 1. The normalized spacial score (nSPS) is 13.4. The molecule has 3 heteroatoms. The van der Waals surface area contributed by atoms with Crippen molar-refractivity contribution in [3.8, 4) is 11.5 Å². The summed E-state index contributed by atoms with van der Waals surface area (Å²) in [6.45, 7) is 3.87. The highest BCUT2D eigenvalue weighted by Gasteiger charge is 2.21. The van der Waals surface area contributed by atoms with Crippen molar-refractivity contribution in [3.63, 3.8) is 0 Å². The monoisotopic (exact) mass is 221 g/mol. The van der Waals surface area contributed by atoms with Crippen molar-refractivity contribution in [3.05, 3.63) is 22.8 Å². The summed E-state index contributed by atoms with van der Waals surface area (Å²) in [4.78, 5) is 0. The summed E-state index contributed by atoms with van der Waals surface area (Å²) in [5.74, 6) is 2.03. The lowest BCUT2D eigenvalue weighted by Gasteiger charge is -2.15. The van der Waals surface area contributed by atoms with E-state index in [1.807, 2.05) is 7.05 Å². The molecule has 0 aliphatic carbocycles. The quantitative estimate of drug-likeness (QED) is 0.839. The molecule has 0 spiro atoms. The minimum absolute atomic E-state index is 0.778. The molecular weight excluding hydrogens is 202 g/mol. The van der Waals surface area contributed by atoms with Crippen LogP contribution in [0.2, 0.25) is 0 Å². The molecule has 0 bridgehead atoms. The van der Waals surface area contributed by atoms with Gasteiger partial charge in [0.05, 0.1) is 13.7 Å². The van der Waals surface area contributed by atoms with Gasteiger partial charge >= 0.3 is 0 Å². The first kappa shape index (κ1) is 11.3. The molecule has 1 N–H and O–H groups in total. The number of methoxy groups -OCH3 is 1. The Kier molecular flexibility index (Phi) is 3.34. The first-order chi connectivity index (χ1) is 7.77. The van der Waals surface area contributed by atoms with Gasteiger partial charge in [0.25, 0.3) is 0 Å². The Morgan fingerprint density at radius 1 is 1.50 bits per heavy atom. The fourth-order valence-corrected chi connectivity index (χ4v) is 2.28. The van der Waals surface area contributed by atoms with Gasteiger partial charge in [-0.25, -0.2) is 0 Å². The summed E-state index contributed by atoms with van der Waals surface area (Å²) in [5, 5.41) is 3.18. The third-order valence-corrected chi connectivity index (χ3v) is 3.11. The molecule has 1 aliphatic heterocycles. The highest BCUT2D eigenvalue weighted by atomic mass is 16.5. The third kappa shape index (κ3) is 1.87. The Bertz CT molecular complexity index is 388. The maximum atomic E-state index is 5.59. The van der Waals surface area contributed by atoms with Gasteiger partial charge in [0, 0.05) is 12.0 Å². The van der Waals surface area contributed by atoms with Gasteiger partial charge in [0.15, 0.2) is 0 Å². The lowest BCUT2D eigenvalue weighted by molar-refractivity contribution is 0.356. The summed E-state index contributed by atoms with van der Waals surface area (Å²) in [7, 11) is 3.72. The summed E-state index contributed by atoms with van der Waals surface area (Å²) in [5.41, 5.74) is 3.80. The van der Waals surface area contributed by atoms with Crippen LogP contribution < -0.4 is 14.8 Å². The molecule has 0 amide bonds.